The van der Waals surface area contributed by atoms with Crippen molar-refractivity contribution in [1.82, 2.24) is 4.98 Å². The number of nitrogens with zero attached hydrogens (tertiary/aromatic N) is 1. The Labute approximate surface area is 94.7 Å². The molecule has 0 amide bonds. The molecule has 0 unspecified atom stereocenters. The normalized spacial score (nSPS) is 10.3. The Bertz CT molecular complexity index is 584. The van der Waals surface area contributed by atoms with Gasteiger partial charge in [0.1, 0.15) is 5.69 Å². The van der Waals surface area contributed by atoms with Crippen LogP contribution in [0.25, 0.3) is 11.1 Å². The van der Waals surface area contributed by atoms with Crippen LogP contribution < -0.4 is 0 Å². The Morgan fingerprint density at radius 3 is 2.53 bits per heavy atom. The number of hydrogen-bond donors (Lipinski definition) is 0. The van der Waals surface area contributed by atoms with E-state index in [0.717, 1.165) is 18.3 Å². The molecule has 1 heterocycles. The van der Waals surface area contributed by atoms with Crippen LogP contribution in [0, 0.1) is 17.5 Å². The molecule has 0 spiro atoms. The highest BCUT2D eigenvalue weighted by molar-refractivity contribution is 5.74. The molecule has 0 aliphatic heterocycles. The van der Waals surface area contributed by atoms with E-state index >= 15 is 0 Å². The van der Waals surface area contributed by atoms with Gasteiger partial charge >= 0.3 is 0 Å². The summed E-state index contributed by atoms with van der Waals surface area (Å²) >= 11 is 0. The van der Waals surface area contributed by atoms with Gasteiger partial charge in [-0.1, -0.05) is 12.1 Å². The molecule has 0 bridgehead atoms. The maximum atomic E-state index is 13.4. The van der Waals surface area contributed by atoms with Crippen LogP contribution >= 0.6 is 0 Å². The minimum atomic E-state index is -1.08. The summed E-state index contributed by atoms with van der Waals surface area (Å²) in [5.74, 6) is -2.98. The van der Waals surface area contributed by atoms with Crippen molar-refractivity contribution in [2.24, 2.45) is 0 Å². The number of benzene rings is 1. The molecule has 2 nitrogen and oxygen atoms in total. The van der Waals surface area contributed by atoms with E-state index in [-0.39, 0.29) is 23.1 Å². The first-order chi connectivity index (χ1) is 8.13. The zero-order valence-corrected chi connectivity index (χ0v) is 8.45. The van der Waals surface area contributed by atoms with Crippen molar-refractivity contribution in [2.75, 3.05) is 0 Å². The van der Waals surface area contributed by atoms with Gasteiger partial charge in [-0.05, 0) is 12.1 Å². The maximum Gasteiger partial charge on any atom is 0.171 e. The first kappa shape index (κ1) is 11.3. The second kappa shape index (κ2) is 4.37. The van der Waals surface area contributed by atoms with Gasteiger partial charge in [0, 0.05) is 17.3 Å². The summed E-state index contributed by atoms with van der Waals surface area (Å²) in [6.07, 6.45) is 1.37. The van der Waals surface area contributed by atoms with Crippen LogP contribution in [0.5, 0.6) is 0 Å². The van der Waals surface area contributed by atoms with Gasteiger partial charge in [0.05, 0.1) is 0 Å². The number of carbonyl (C=O) groups excluding carboxylic acids is 1. The monoisotopic (exact) mass is 237 g/mol. The number of carbonyl (C=O) groups is 1. The van der Waals surface area contributed by atoms with Gasteiger partial charge in [-0.3, -0.25) is 4.79 Å². The van der Waals surface area contributed by atoms with Gasteiger partial charge in [0.15, 0.2) is 23.7 Å². The molecule has 1 aromatic carbocycles. The molecule has 5 heteroatoms. The largest absolute Gasteiger partial charge is 0.296 e. The third-order valence-corrected chi connectivity index (χ3v) is 2.24. The fraction of sp³-hybridized carbons (Fsp3) is 0. The molecule has 0 fully saturated rings. The molecular formula is C12H6F3NO. The highest BCUT2D eigenvalue weighted by Crippen LogP contribution is 2.24. The lowest BCUT2D eigenvalue weighted by atomic mass is 10.1. The van der Waals surface area contributed by atoms with Crippen molar-refractivity contribution in [3.05, 3.63) is 53.6 Å². The lowest BCUT2D eigenvalue weighted by Crippen LogP contribution is -1.95. The average Bonchev–Trinajstić information content (AvgIpc) is 2.32. The Balaban J connectivity index is 2.57. The van der Waals surface area contributed by atoms with Crippen molar-refractivity contribution in [3.63, 3.8) is 0 Å². The Kier molecular flexibility index (Phi) is 2.91. The Hall–Kier alpha value is -2.17. The third kappa shape index (κ3) is 2.04. The van der Waals surface area contributed by atoms with Gasteiger partial charge in [-0.15, -0.1) is 0 Å². The van der Waals surface area contributed by atoms with E-state index in [4.69, 9.17) is 0 Å². The molecule has 0 atom stereocenters. The summed E-state index contributed by atoms with van der Waals surface area (Å²) < 4.78 is 39.6. The molecular weight excluding hydrogens is 231 g/mol. The topological polar surface area (TPSA) is 30.0 Å². The van der Waals surface area contributed by atoms with Crippen molar-refractivity contribution >= 4 is 6.29 Å². The number of rotatable bonds is 2. The smallest absolute Gasteiger partial charge is 0.171 e. The Morgan fingerprint density at radius 2 is 1.88 bits per heavy atom. The van der Waals surface area contributed by atoms with Crippen LogP contribution in [0.2, 0.25) is 0 Å². The van der Waals surface area contributed by atoms with Crippen LogP contribution in [0.15, 0.2) is 30.5 Å². The van der Waals surface area contributed by atoms with Crippen LogP contribution in [0.1, 0.15) is 10.5 Å². The fourth-order valence-electron chi connectivity index (χ4n) is 1.41. The molecule has 86 valence electrons. The molecule has 17 heavy (non-hydrogen) atoms. The van der Waals surface area contributed by atoms with E-state index in [1.807, 2.05) is 0 Å². The summed E-state index contributed by atoms with van der Waals surface area (Å²) in [7, 11) is 0. The van der Waals surface area contributed by atoms with Gasteiger partial charge in [-0.25, -0.2) is 18.2 Å². The highest BCUT2D eigenvalue weighted by atomic mass is 19.2. The van der Waals surface area contributed by atoms with Gasteiger partial charge < -0.3 is 0 Å². The Morgan fingerprint density at radius 1 is 1.12 bits per heavy atom. The minimum absolute atomic E-state index is 0.0742. The summed E-state index contributed by atoms with van der Waals surface area (Å²) in [4.78, 5) is 13.9. The molecule has 1 aromatic heterocycles. The minimum Gasteiger partial charge on any atom is -0.296 e. The van der Waals surface area contributed by atoms with Gasteiger partial charge in [0.25, 0.3) is 0 Å². The van der Waals surface area contributed by atoms with Gasteiger partial charge in [-0.2, -0.15) is 0 Å². The number of aldehydes is 1. The van der Waals surface area contributed by atoms with E-state index in [1.54, 1.807) is 0 Å². The number of pyridine rings is 1. The zero-order valence-electron chi connectivity index (χ0n) is 8.45. The van der Waals surface area contributed by atoms with E-state index in [1.165, 1.54) is 12.1 Å². The first-order valence-electron chi connectivity index (χ1n) is 4.68. The summed E-state index contributed by atoms with van der Waals surface area (Å²) in [5, 5.41) is 0. The lowest BCUT2D eigenvalue weighted by Gasteiger charge is -2.04. The van der Waals surface area contributed by atoms with E-state index in [9.17, 15) is 18.0 Å². The third-order valence-electron chi connectivity index (χ3n) is 2.24. The predicted octanol–water partition coefficient (Wildman–Crippen LogP) is 2.98. The number of aromatic nitrogens is 1. The molecule has 0 radical (unpaired) electrons. The molecule has 0 N–H and O–H groups in total. The van der Waals surface area contributed by atoms with Crippen LogP contribution in [-0.4, -0.2) is 11.3 Å². The van der Waals surface area contributed by atoms with Crippen LogP contribution in [0.4, 0.5) is 13.2 Å². The first-order valence-corrected chi connectivity index (χ1v) is 4.68. The SMILES string of the molecule is O=Cc1ncc(-c2cccc(F)c2F)cc1F. The number of hydrogen-bond acceptors (Lipinski definition) is 2. The van der Waals surface area contributed by atoms with E-state index in [2.05, 4.69) is 4.98 Å². The predicted molar refractivity (Wildman–Crippen MR) is 54.9 cm³/mol. The van der Waals surface area contributed by atoms with Crippen molar-refractivity contribution < 1.29 is 18.0 Å². The molecule has 2 rings (SSSR count). The second-order valence-electron chi connectivity index (χ2n) is 3.31. The summed E-state index contributed by atoms with van der Waals surface area (Å²) in [6.45, 7) is 0. The molecule has 0 aliphatic carbocycles. The van der Waals surface area contributed by atoms with Gasteiger partial charge in [0.2, 0.25) is 0 Å². The van der Waals surface area contributed by atoms with Crippen molar-refractivity contribution in [2.45, 2.75) is 0 Å². The van der Waals surface area contributed by atoms with Crippen LogP contribution in [0.3, 0.4) is 0 Å². The zero-order chi connectivity index (χ0) is 12.4. The molecule has 0 aliphatic rings. The fourth-order valence-corrected chi connectivity index (χ4v) is 1.41. The summed E-state index contributed by atoms with van der Waals surface area (Å²) in [5.41, 5.74) is -0.399. The van der Waals surface area contributed by atoms with E-state index in [0.29, 0.717) is 0 Å². The molecule has 0 saturated carbocycles. The van der Waals surface area contributed by atoms with Crippen molar-refractivity contribution in [1.29, 1.82) is 0 Å². The highest BCUT2D eigenvalue weighted by Gasteiger charge is 2.12. The van der Waals surface area contributed by atoms with Crippen molar-refractivity contribution in [3.8, 4) is 11.1 Å². The van der Waals surface area contributed by atoms with E-state index < -0.39 is 17.5 Å². The quantitative estimate of drug-likeness (QED) is 0.751. The maximum absolute atomic E-state index is 13.4. The average molecular weight is 237 g/mol. The molecule has 2 aromatic rings. The van der Waals surface area contributed by atoms with Crippen LogP contribution in [-0.2, 0) is 0 Å². The molecule has 0 saturated heterocycles. The second-order valence-corrected chi connectivity index (χ2v) is 3.31. The summed E-state index contributed by atoms with van der Waals surface area (Å²) in [6, 6.07) is 4.51. The standard InChI is InChI=1S/C12H6F3NO/c13-9-3-1-2-8(12(9)15)7-4-10(14)11(6-17)16-5-7/h1-6H. The number of halogens is 3. The lowest BCUT2D eigenvalue weighted by molar-refractivity contribution is 0.111.